The average Bonchev–Trinajstić information content (AvgIpc) is 2.94. The number of carbonyl (C=O) groups is 1. The first-order valence-corrected chi connectivity index (χ1v) is 11.0. The highest BCUT2D eigenvalue weighted by atomic mass is 16.6. The lowest BCUT2D eigenvalue weighted by molar-refractivity contribution is -0.944. The summed E-state index contributed by atoms with van der Waals surface area (Å²) >= 11 is 0. The zero-order valence-corrected chi connectivity index (χ0v) is 18.7. The van der Waals surface area contributed by atoms with Crippen LogP contribution < -0.4 is 4.74 Å². The normalized spacial score (nSPS) is 28.4. The Bertz CT molecular complexity index is 1000. The number of aliphatic carboxylic acids is 1. The van der Waals surface area contributed by atoms with E-state index in [0.29, 0.717) is 19.6 Å². The number of hydrogen-bond donors (Lipinski definition) is 4. The Morgan fingerprint density at radius 2 is 1.67 bits per heavy atom. The minimum absolute atomic E-state index is 0.0955. The molecule has 5 unspecified atom stereocenters. The number of fused-ring (bicyclic) bond motifs is 2. The molecule has 4 N–H and O–H groups in total. The molecule has 0 amide bonds. The van der Waals surface area contributed by atoms with Gasteiger partial charge in [-0.25, -0.2) is 4.79 Å². The van der Waals surface area contributed by atoms with Crippen molar-refractivity contribution in [2.45, 2.75) is 43.7 Å². The fourth-order valence-electron chi connectivity index (χ4n) is 4.56. The quantitative estimate of drug-likeness (QED) is 0.502. The van der Waals surface area contributed by atoms with E-state index in [2.05, 4.69) is 12.1 Å². The van der Waals surface area contributed by atoms with Crippen LogP contribution >= 0.6 is 0 Å². The van der Waals surface area contributed by atoms with Crippen molar-refractivity contribution in [3.05, 3.63) is 71.3 Å². The van der Waals surface area contributed by atoms with Gasteiger partial charge in [0.1, 0.15) is 24.6 Å². The van der Waals surface area contributed by atoms with Crippen molar-refractivity contribution in [1.29, 1.82) is 0 Å². The molecule has 4 rings (SSSR count). The van der Waals surface area contributed by atoms with Crippen LogP contribution in [0.3, 0.4) is 0 Å². The molecule has 5 atom stereocenters. The molecule has 8 heteroatoms. The highest BCUT2D eigenvalue weighted by molar-refractivity contribution is 5.84. The summed E-state index contributed by atoms with van der Waals surface area (Å²) in [5, 5.41) is 40.0. The molecule has 2 aliphatic rings. The standard InChI is InChI=1S/C25H29NO7/c1-26(2,24-22(29)20(27)21(28)23(33-24)25(30)31)13-7-11-17-16-9-4-3-8-15(16)14-32-19-12-6-5-10-18(17)19/h3-6,8-12,20-24,27-29H,7,13-14H2,1-2H3/p+1/b17-11+. The van der Waals surface area contributed by atoms with Gasteiger partial charge in [-0.2, -0.15) is 0 Å². The first-order valence-electron chi connectivity index (χ1n) is 11.0. The van der Waals surface area contributed by atoms with Gasteiger partial charge in [0, 0.05) is 12.0 Å². The van der Waals surface area contributed by atoms with Gasteiger partial charge in [0.15, 0.2) is 12.2 Å². The molecule has 2 aliphatic heterocycles. The molecule has 0 radical (unpaired) electrons. The molecule has 0 aliphatic carbocycles. The van der Waals surface area contributed by atoms with Crippen LogP contribution in [0, 0.1) is 0 Å². The summed E-state index contributed by atoms with van der Waals surface area (Å²) in [7, 11) is 3.60. The van der Waals surface area contributed by atoms with Crippen LogP contribution in [0.1, 0.15) is 23.1 Å². The SMILES string of the molecule is C[N+](C)(CC/C=C1\c2ccccc2COc2ccccc21)C1OC(C(=O)O)C(O)C(O)C1O. The maximum atomic E-state index is 11.5. The molecule has 176 valence electrons. The van der Waals surface area contributed by atoms with Gasteiger partial charge in [-0.1, -0.05) is 48.5 Å². The summed E-state index contributed by atoms with van der Waals surface area (Å²) in [6, 6.07) is 16.0. The van der Waals surface area contributed by atoms with Crippen molar-refractivity contribution in [1.82, 2.24) is 0 Å². The minimum Gasteiger partial charge on any atom is -0.488 e. The summed E-state index contributed by atoms with van der Waals surface area (Å²) in [4.78, 5) is 11.5. The highest BCUT2D eigenvalue weighted by Crippen LogP contribution is 2.37. The molecule has 2 heterocycles. The van der Waals surface area contributed by atoms with Crippen LogP contribution in [0.5, 0.6) is 5.75 Å². The topological polar surface area (TPSA) is 116 Å². The number of carboxylic acid groups (broad SMARTS) is 1. The zero-order valence-electron chi connectivity index (χ0n) is 18.7. The first kappa shape index (κ1) is 23.4. The van der Waals surface area contributed by atoms with Crippen molar-refractivity contribution >= 4 is 11.5 Å². The van der Waals surface area contributed by atoms with Crippen LogP contribution in [0.2, 0.25) is 0 Å². The predicted molar refractivity (Wildman–Crippen MR) is 120 cm³/mol. The monoisotopic (exact) mass is 456 g/mol. The smallest absolute Gasteiger partial charge is 0.335 e. The van der Waals surface area contributed by atoms with Gasteiger partial charge in [0.05, 0.1) is 20.6 Å². The van der Waals surface area contributed by atoms with Crippen LogP contribution in [-0.4, -0.2) is 82.2 Å². The van der Waals surface area contributed by atoms with E-state index in [-0.39, 0.29) is 4.48 Å². The third kappa shape index (κ3) is 4.53. The Morgan fingerprint density at radius 1 is 1.00 bits per heavy atom. The highest BCUT2D eigenvalue weighted by Gasteiger charge is 2.52. The molecule has 0 aromatic heterocycles. The lowest BCUT2D eigenvalue weighted by Crippen LogP contribution is -2.68. The van der Waals surface area contributed by atoms with E-state index in [0.717, 1.165) is 28.0 Å². The number of quaternary nitrogens is 1. The number of aliphatic hydroxyl groups excluding tert-OH is 3. The maximum absolute atomic E-state index is 11.5. The number of carboxylic acids is 1. The Kier molecular flexibility index (Phi) is 6.56. The maximum Gasteiger partial charge on any atom is 0.335 e. The fourth-order valence-corrected chi connectivity index (χ4v) is 4.56. The van der Waals surface area contributed by atoms with Crippen molar-refractivity contribution < 1.29 is 39.2 Å². The van der Waals surface area contributed by atoms with Crippen LogP contribution in [-0.2, 0) is 16.1 Å². The molecule has 2 aromatic rings. The lowest BCUT2D eigenvalue weighted by atomic mass is 9.93. The van der Waals surface area contributed by atoms with E-state index < -0.39 is 36.6 Å². The molecule has 0 saturated carbocycles. The lowest BCUT2D eigenvalue weighted by Gasteiger charge is -2.46. The van der Waals surface area contributed by atoms with Gasteiger partial charge in [-0.3, -0.25) is 0 Å². The molecule has 2 aromatic carbocycles. The van der Waals surface area contributed by atoms with E-state index in [4.69, 9.17) is 9.47 Å². The number of nitrogens with zero attached hydrogens (tertiary/aromatic N) is 1. The van der Waals surface area contributed by atoms with Gasteiger partial charge in [0.25, 0.3) is 0 Å². The number of aliphatic hydroxyl groups is 3. The minimum atomic E-state index is -1.70. The third-order valence-electron chi connectivity index (χ3n) is 6.44. The molecular formula is C25H30NO7+. The van der Waals surface area contributed by atoms with Crippen LogP contribution in [0.15, 0.2) is 54.6 Å². The second kappa shape index (κ2) is 9.24. The fraction of sp³-hybridized carbons (Fsp3) is 0.400. The average molecular weight is 457 g/mol. The summed E-state index contributed by atoms with van der Waals surface area (Å²) in [6.45, 7) is 0.969. The number of rotatable bonds is 5. The number of hydrogen-bond acceptors (Lipinski definition) is 6. The Balaban J connectivity index is 1.59. The number of benzene rings is 2. The Hall–Kier alpha value is -2.75. The number of para-hydroxylation sites is 1. The van der Waals surface area contributed by atoms with Gasteiger partial charge in [-0.15, -0.1) is 0 Å². The van der Waals surface area contributed by atoms with E-state index in [9.17, 15) is 25.2 Å². The van der Waals surface area contributed by atoms with Crippen LogP contribution in [0.25, 0.3) is 5.57 Å². The summed E-state index contributed by atoms with van der Waals surface area (Å²) in [5.74, 6) is -0.576. The molecule has 0 bridgehead atoms. The van der Waals surface area contributed by atoms with Crippen molar-refractivity contribution in [3.8, 4) is 5.75 Å². The number of ether oxygens (including phenoxy) is 2. The Morgan fingerprint density at radius 3 is 2.39 bits per heavy atom. The Labute approximate surface area is 192 Å². The third-order valence-corrected chi connectivity index (χ3v) is 6.44. The zero-order chi connectivity index (χ0) is 23.8. The molecule has 1 fully saturated rings. The van der Waals surface area contributed by atoms with Gasteiger partial charge in [0.2, 0.25) is 6.23 Å². The van der Waals surface area contributed by atoms with E-state index in [1.165, 1.54) is 0 Å². The molecule has 1 saturated heterocycles. The molecule has 33 heavy (non-hydrogen) atoms. The summed E-state index contributed by atoms with van der Waals surface area (Å²) in [6.07, 6.45) is -4.66. The van der Waals surface area contributed by atoms with E-state index >= 15 is 0 Å². The molecular weight excluding hydrogens is 426 g/mol. The molecule has 0 spiro atoms. The summed E-state index contributed by atoms with van der Waals surface area (Å²) in [5.41, 5.74) is 4.21. The van der Waals surface area contributed by atoms with Crippen molar-refractivity contribution in [2.75, 3.05) is 20.6 Å². The largest absolute Gasteiger partial charge is 0.488 e. The second-order valence-electron chi connectivity index (χ2n) is 9.11. The molecule has 8 nitrogen and oxygen atoms in total. The predicted octanol–water partition coefficient (Wildman–Crippen LogP) is 1.37. The summed E-state index contributed by atoms with van der Waals surface area (Å²) < 4.78 is 11.7. The van der Waals surface area contributed by atoms with E-state index in [1.807, 2.05) is 42.5 Å². The first-order chi connectivity index (χ1) is 15.7. The van der Waals surface area contributed by atoms with Crippen molar-refractivity contribution in [2.24, 2.45) is 0 Å². The second-order valence-corrected chi connectivity index (χ2v) is 9.11. The number of likely N-dealkylation sites (N-methyl/N-ethyl adjacent to an activating group) is 1. The van der Waals surface area contributed by atoms with Crippen LogP contribution in [0.4, 0.5) is 0 Å². The van der Waals surface area contributed by atoms with Crippen molar-refractivity contribution in [3.63, 3.8) is 0 Å². The van der Waals surface area contributed by atoms with Gasteiger partial charge in [-0.05, 0) is 22.8 Å². The van der Waals surface area contributed by atoms with Gasteiger partial charge >= 0.3 is 5.97 Å². The van der Waals surface area contributed by atoms with Gasteiger partial charge < -0.3 is 34.4 Å². The van der Waals surface area contributed by atoms with E-state index in [1.54, 1.807) is 14.1 Å².